The van der Waals surface area contributed by atoms with Gasteiger partial charge in [-0.25, -0.2) is 9.36 Å². The van der Waals surface area contributed by atoms with Gasteiger partial charge in [-0.3, -0.25) is 9.78 Å². The topological polar surface area (TPSA) is 87.5 Å². The van der Waals surface area contributed by atoms with E-state index in [-0.39, 0.29) is 10.9 Å². The minimum absolute atomic E-state index is 0.0673. The summed E-state index contributed by atoms with van der Waals surface area (Å²) in [7, 11) is 0. The second-order valence-corrected chi connectivity index (χ2v) is 4.78. The molecule has 0 spiro atoms. The van der Waals surface area contributed by atoms with Gasteiger partial charge < -0.3 is 5.21 Å². The third kappa shape index (κ3) is 2.61. The molecule has 2 N–H and O–H groups in total. The Hall–Kier alpha value is -2.05. The molecular weight excluding hydrogens is 305 g/mol. The first-order valence-corrected chi connectivity index (χ1v) is 6.20. The maximum Gasteiger partial charge on any atom is 0.334 e. The van der Waals surface area contributed by atoms with Crippen molar-refractivity contribution in [2.75, 3.05) is 0 Å². The van der Waals surface area contributed by atoms with Crippen LogP contribution in [0.4, 0.5) is 0 Å². The Morgan fingerprint density at radius 2 is 1.95 bits per heavy atom. The lowest BCUT2D eigenvalue weighted by Gasteiger charge is -2.11. The van der Waals surface area contributed by atoms with Gasteiger partial charge >= 0.3 is 5.69 Å². The Kier molecular flexibility index (Phi) is 3.96. The van der Waals surface area contributed by atoms with E-state index in [1.807, 2.05) is 0 Å². The van der Waals surface area contributed by atoms with E-state index in [4.69, 9.17) is 23.2 Å². The Labute approximate surface area is 122 Å². The molecule has 0 aliphatic carbocycles. The molecule has 0 saturated carbocycles. The average Bonchev–Trinajstić information content (AvgIpc) is 2.37. The van der Waals surface area contributed by atoms with E-state index in [2.05, 4.69) is 10.1 Å². The number of nitrogens with one attached hydrogen (secondary N) is 1. The number of aryl methyl sites for hydroxylation is 1. The van der Waals surface area contributed by atoms with Crippen molar-refractivity contribution < 1.29 is 5.21 Å². The number of benzene rings is 1. The van der Waals surface area contributed by atoms with Crippen molar-refractivity contribution in [3.05, 3.63) is 66.4 Å². The predicted octanol–water partition coefficient (Wildman–Crippen LogP) is 1.84. The third-order valence-corrected chi connectivity index (χ3v) is 3.35. The Morgan fingerprint density at radius 1 is 1.25 bits per heavy atom. The first-order chi connectivity index (χ1) is 9.43. The molecule has 6 nitrogen and oxygen atoms in total. The largest absolute Gasteiger partial charge is 0.409 e. The summed E-state index contributed by atoms with van der Waals surface area (Å²) < 4.78 is 1.06. The van der Waals surface area contributed by atoms with E-state index >= 15 is 0 Å². The van der Waals surface area contributed by atoms with Crippen LogP contribution in [0.1, 0.15) is 11.3 Å². The molecule has 104 valence electrons. The van der Waals surface area contributed by atoms with Gasteiger partial charge in [0.1, 0.15) is 0 Å². The van der Waals surface area contributed by atoms with Gasteiger partial charge in [-0.2, -0.15) is 0 Å². The SMILES string of the molecule is Cc1cc(=O)[nH]c(=O)n1/C(=N\O)c1ccc(Cl)c(Cl)c1. The minimum Gasteiger partial charge on any atom is -0.409 e. The highest BCUT2D eigenvalue weighted by Gasteiger charge is 2.14. The lowest BCUT2D eigenvalue weighted by atomic mass is 10.2. The average molecular weight is 314 g/mol. The number of aromatic amines is 1. The van der Waals surface area contributed by atoms with Crippen LogP contribution in [-0.4, -0.2) is 20.6 Å². The fraction of sp³-hybridized carbons (Fsp3) is 0.0833. The number of oxime groups is 1. The number of hydrogen-bond acceptors (Lipinski definition) is 4. The molecule has 1 aromatic heterocycles. The summed E-state index contributed by atoms with van der Waals surface area (Å²) in [5.74, 6) is -0.0673. The highest BCUT2D eigenvalue weighted by atomic mass is 35.5. The van der Waals surface area contributed by atoms with Crippen LogP contribution < -0.4 is 11.2 Å². The summed E-state index contributed by atoms with van der Waals surface area (Å²) in [6.45, 7) is 1.54. The van der Waals surface area contributed by atoms with Gasteiger partial charge in [0, 0.05) is 17.3 Å². The molecule has 2 rings (SSSR count). The number of hydrogen-bond donors (Lipinski definition) is 2. The maximum absolute atomic E-state index is 11.8. The lowest BCUT2D eigenvalue weighted by molar-refractivity contribution is 0.317. The predicted molar refractivity (Wildman–Crippen MR) is 76.2 cm³/mol. The summed E-state index contributed by atoms with van der Waals surface area (Å²) in [5, 5.41) is 12.9. The molecule has 0 radical (unpaired) electrons. The van der Waals surface area contributed by atoms with Crippen molar-refractivity contribution in [2.24, 2.45) is 5.16 Å². The van der Waals surface area contributed by atoms with Crippen LogP contribution in [0.2, 0.25) is 10.0 Å². The van der Waals surface area contributed by atoms with Crippen molar-refractivity contribution in [1.29, 1.82) is 0 Å². The fourth-order valence-electron chi connectivity index (χ4n) is 1.74. The van der Waals surface area contributed by atoms with Crippen molar-refractivity contribution >= 4 is 29.0 Å². The van der Waals surface area contributed by atoms with Gasteiger partial charge in [0.05, 0.1) is 10.0 Å². The fourth-order valence-corrected chi connectivity index (χ4v) is 2.04. The van der Waals surface area contributed by atoms with E-state index in [0.29, 0.717) is 16.3 Å². The van der Waals surface area contributed by atoms with Crippen LogP contribution >= 0.6 is 23.2 Å². The third-order valence-electron chi connectivity index (χ3n) is 2.61. The summed E-state index contributed by atoms with van der Waals surface area (Å²) in [6.07, 6.45) is 0. The zero-order chi connectivity index (χ0) is 14.9. The number of aromatic nitrogens is 2. The van der Waals surface area contributed by atoms with Gasteiger partial charge in [0.25, 0.3) is 5.56 Å². The van der Waals surface area contributed by atoms with Gasteiger partial charge in [-0.05, 0) is 25.1 Å². The Morgan fingerprint density at radius 3 is 2.50 bits per heavy atom. The normalized spacial score (nSPS) is 11.7. The molecule has 0 aliphatic rings. The number of halogens is 2. The standard InChI is InChI=1S/C12H9Cl2N3O3/c1-6-4-10(18)15-12(19)17(6)11(16-20)7-2-3-8(13)9(14)5-7/h2-5,20H,1H3,(H,15,18,19)/b16-11-. The van der Waals surface area contributed by atoms with E-state index in [9.17, 15) is 14.8 Å². The van der Waals surface area contributed by atoms with Crippen molar-refractivity contribution in [3.8, 4) is 0 Å². The molecule has 0 fully saturated rings. The highest BCUT2D eigenvalue weighted by molar-refractivity contribution is 6.42. The summed E-state index contributed by atoms with van der Waals surface area (Å²) in [4.78, 5) is 25.1. The van der Waals surface area contributed by atoms with E-state index in [1.54, 1.807) is 13.0 Å². The summed E-state index contributed by atoms with van der Waals surface area (Å²) in [5.41, 5.74) is -0.555. The molecule has 0 bridgehead atoms. The van der Waals surface area contributed by atoms with Gasteiger partial charge in [0.15, 0.2) is 5.84 Å². The first kappa shape index (κ1) is 14.4. The molecule has 0 atom stereocenters. The molecule has 20 heavy (non-hydrogen) atoms. The smallest absolute Gasteiger partial charge is 0.334 e. The number of H-pyrrole nitrogens is 1. The Bertz CT molecular complexity index is 808. The molecule has 0 saturated heterocycles. The second-order valence-electron chi connectivity index (χ2n) is 3.97. The Balaban J connectivity index is 2.68. The van der Waals surface area contributed by atoms with Gasteiger partial charge in [0.2, 0.25) is 0 Å². The van der Waals surface area contributed by atoms with Crippen LogP contribution in [0.3, 0.4) is 0 Å². The molecule has 0 aliphatic heterocycles. The molecule has 8 heteroatoms. The monoisotopic (exact) mass is 313 g/mol. The van der Waals surface area contributed by atoms with Gasteiger partial charge in [-0.15, -0.1) is 0 Å². The van der Waals surface area contributed by atoms with Crippen LogP contribution in [0.25, 0.3) is 0 Å². The second kappa shape index (κ2) is 5.52. The summed E-state index contributed by atoms with van der Waals surface area (Å²) >= 11 is 11.7. The van der Waals surface area contributed by atoms with E-state index in [0.717, 1.165) is 4.57 Å². The van der Waals surface area contributed by atoms with Crippen LogP contribution in [0.15, 0.2) is 39.0 Å². The molecule has 0 amide bonds. The molecule has 1 heterocycles. The minimum atomic E-state index is -0.714. The van der Waals surface area contributed by atoms with Crippen molar-refractivity contribution in [3.63, 3.8) is 0 Å². The number of nitrogens with zero attached hydrogens (tertiary/aromatic N) is 2. The molecule has 2 aromatic rings. The van der Waals surface area contributed by atoms with Crippen molar-refractivity contribution in [1.82, 2.24) is 9.55 Å². The van der Waals surface area contributed by atoms with E-state index < -0.39 is 11.2 Å². The van der Waals surface area contributed by atoms with Crippen LogP contribution in [0, 0.1) is 6.92 Å². The van der Waals surface area contributed by atoms with Crippen LogP contribution in [0.5, 0.6) is 0 Å². The molecule has 0 unspecified atom stereocenters. The molecular formula is C12H9Cl2N3O3. The summed E-state index contributed by atoms with van der Waals surface area (Å²) in [6, 6.07) is 5.72. The quantitative estimate of drug-likeness (QED) is 0.364. The van der Waals surface area contributed by atoms with E-state index in [1.165, 1.54) is 18.2 Å². The molecule has 1 aromatic carbocycles. The zero-order valence-electron chi connectivity index (χ0n) is 10.2. The zero-order valence-corrected chi connectivity index (χ0v) is 11.7. The van der Waals surface area contributed by atoms with Gasteiger partial charge in [-0.1, -0.05) is 28.4 Å². The van der Waals surface area contributed by atoms with Crippen molar-refractivity contribution in [2.45, 2.75) is 6.92 Å². The highest BCUT2D eigenvalue weighted by Crippen LogP contribution is 2.23. The first-order valence-electron chi connectivity index (χ1n) is 5.45. The van der Waals surface area contributed by atoms with Crippen LogP contribution in [-0.2, 0) is 0 Å². The maximum atomic E-state index is 11.8. The lowest BCUT2D eigenvalue weighted by Crippen LogP contribution is -2.36. The number of rotatable bonds is 1.